The van der Waals surface area contributed by atoms with Crippen molar-refractivity contribution in [1.82, 2.24) is 0 Å². The molecule has 0 saturated carbocycles. The van der Waals surface area contributed by atoms with Gasteiger partial charge in [0.1, 0.15) is 0 Å². The van der Waals surface area contributed by atoms with E-state index in [-0.39, 0.29) is 5.54 Å². The van der Waals surface area contributed by atoms with Crippen molar-refractivity contribution in [3.8, 4) is 0 Å². The summed E-state index contributed by atoms with van der Waals surface area (Å²) in [5.41, 5.74) is 0.271. The number of rotatable bonds is 6. The van der Waals surface area contributed by atoms with E-state index in [1.807, 2.05) is 13.0 Å². The highest BCUT2D eigenvalue weighted by atomic mass is 35.8. The summed E-state index contributed by atoms with van der Waals surface area (Å²) in [5, 5.41) is 0. The van der Waals surface area contributed by atoms with E-state index in [2.05, 4.69) is 6.58 Å². The maximum Gasteiger partial charge on any atom is 0.344 e. The van der Waals surface area contributed by atoms with E-state index in [1.54, 1.807) is 0 Å². The molecule has 0 fully saturated rings. The van der Waals surface area contributed by atoms with Crippen LogP contribution in [0.5, 0.6) is 0 Å². The van der Waals surface area contributed by atoms with Gasteiger partial charge in [-0.15, -0.1) is 39.8 Å². The first kappa shape index (κ1) is 12.8. The van der Waals surface area contributed by atoms with Crippen molar-refractivity contribution in [2.75, 3.05) is 0 Å². The third kappa shape index (κ3) is 6.35. The van der Waals surface area contributed by atoms with E-state index in [0.717, 1.165) is 25.7 Å². The van der Waals surface area contributed by atoms with Crippen molar-refractivity contribution in [1.29, 1.82) is 0 Å². The van der Waals surface area contributed by atoms with E-state index in [1.165, 1.54) is 0 Å². The second-order valence-corrected chi connectivity index (χ2v) is 12.2. The fourth-order valence-electron chi connectivity index (χ4n) is 0.903. The van der Waals surface area contributed by atoms with Crippen molar-refractivity contribution >= 4 is 39.2 Å². The van der Waals surface area contributed by atoms with Crippen LogP contribution in [-0.2, 0) is 0 Å². The summed E-state index contributed by atoms with van der Waals surface area (Å²) in [5.74, 6) is 0. The lowest BCUT2D eigenvalue weighted by Crippen LogP contribution is -2.16. The highest BCUT2D eigenvalue weighted by Gasteiger charge is 2.32. The molecule has 0 heterocycles. The molecule has 0 amide bonds. The molecule has 0 aromatic carbocycles. The molecule has 12 heavy (non-hydrogen) atoms. The molecule has 0 aliphatic heterocycles. The summed E-state index contributed by atoms with van der Waals surface area (Å²) in [6.07, 6.45) is 6.30. The van der Waals surface area contributed by atoms with E-state index >= 15 is 0 Å². The Hall–Kier alpha value is 0.827. The van der Waals surface area contributed by atoms with Crippen LogP contribution in [0.2, 0.25) is 5.54 Å². The smallest absolute Gasteiger partial charge is 0.126 e. The Kier molecular flexibility index (Phi) is 6.74. The van der Waals surface area contributed by atoms with Crippen molar-refractivity contribution in [2.45, 2.75) is 38.1 Å². The van der Waals surface area contributed by atoms with Crippen molar-refractivity contribution in [3.05, 3.63) is 12.7 Å². The Labute approximate surface area is 90.0 Å². The quantitative estimate of drug-likeness (QED) is 0.273. The average Bonchev–Trinajstić information content (AvgIpc) is 1.96. The molecule has 0 aliphatic carbocycles. The van der Waals surface area contributed by atoms with E-state index in [4.69, 9.17) is 33.2 Å². The SMILES string of the molecule is C=CCCCC[C@H](C)[Si](Cl)(Cl)Cl. The predicted octanol–water partition coefficient (Wildman–Crippen LogP) is 4.78. The Bertz CT molecular complexity index is 131. The summed E-state index contributed by atoms with van der Waals surface area (Å²) in [4.78, 5) is 0. The number of halogens is 3. The summed E-state index contributed by atoms with van der Waals surface area (Å²) in [6, 6.07) is -2.43. The molecule has 0 rings (SSSR count). The Morgan fingerprint density at radius 2 is 1.92 bits per heavy atom. The van der Waals surface area contributed by atoms with Gasteiger partial charge in [0.25, 0.3) is 0 Å². The zero-order valence-corrected chi connectivity index (χ0v) is 10.6. The molecule has 0 spiro atoms. The largest absolute Gasteiger partial charge is 0.344 e. The van der Waals surface area contributed by atoms with Crippen molar-refractivity contribution in [2.24, 2.45) is 0 Å². The monoisotopic (exact) mass is 244 g/mol. The minimum atomic E-state index is -2.43. The molecule has 0 unspecified atom stereocenters. The van der Waals surface area contributed by atoms with Gasteiger partial charge >= 0.3 is 6.00 Å². The summed E-state index contributed by atoms with van der Waals surface area (Å²) in [7, 11) is 0. The molecule has 0 aliphatic rings. The van der Waals surface area contributed by atoms with Gasteiger partial charge in [0.05, 0.1) is 0 Å². The Morgan fingerprint density at radius 3 is 2.33 bits per heavy atom. The first-order valence-electron chi connectivity index (χ1n) is 4.16. The molecule has 0 N–H and O–H groups in total. The zero-order chi connectivity index (χ0) is 9.61. The molecule has 0 saturated heterocycles. The number of hydrogen-bond donors (Lipinski definition) is 0. The zero-order valence-electron chi connectivity index (χ0n) is 7.32. The molecule has 4 heteroatoms. The maximum atomic E-state index is 5.85. The Morgan fingerprint density at radius 1 is 1.33 bits per heavy atom. The van der Waals surface area contributed by atoms with Gasteiger partial charge in [0.2, 0.25) is 0 Å². The van der Waals surface area contributed by atoms with Crippen molar-refractivity contribution in [3.63, 3.8) is 0 Å². The van der Waals surface area contributed by atoms with Crippen LogP contribution < -0.4 is 0 Å². The van der Waals surface area contributed by atoms with Gasteiger partial charge < -0.3 is 0 Å². The summed E-state index contributed by atoms with van der Waals surface area (Å²) >= 11 is 17.5. The van der Waals surface area contributed by atoms with Gasteiger partial charge in [-0.3, -0.25) is 0 Å². The van der Waals surface area contributed by atoms with Gasteiger partial charge in [-0.1, -0.05) is 19.4 Å². The van der Waals surface area contributed by atoms with Crippen LogP contribution in [0.1, 0.15) is 32.6 Å². The Balaban J connectivity index is 3.44. The molecule has 72 valence electrons. The fourth-order valence-corrected chi connectivity index (χ4v) is 2.42. The third-order valence-electron chi connectivity index (χ3n) is 1.85. The number of allylic oxidation sites excluding steroid dienone is 1. The van der Waals surface area contributed by atoms with Gasteiger partial charge in [0.15, 0.2) is 0 Å². The van der Waals surface area contributed by atoms with E-state index in [0.29, 0.717) is 0 Å². The first-order chi connectivity index (χ1) is 5.48. The first-order valence-corrected chi connectivity index (χ1v) is 9.27. The minimum absolute atomic E-state index is 0.271. The van der Waals surface area contributed by atoms with Crippen LogP contribution >= 0.6 is 33.2 Å². The molecular weight excluding hydrogens is 231 g/mol. The molecule has 0 bridgehead atoms. The molecule has 0 radical (unpaired) electrons. The minimum Gasteiger partial charge on any atom is -0.126 e. The van der Waals surface area contributed by atoms with Gasteiger partial charge in [-0.2, -0.15) is 0 Å². The van der Waals surface area contributed by atoms with Gasteiger partial charge in [-0.05, 0) is 24.8 Å². The van der Waals surface area contributed by atoms with Crippen LogP contribution in [0, 0.1) is 0 Å². The van der Waals surface area contributed by atoms with Crippen LogP contribution in [0.3, 0.4) is 0 Å². The standard InChI is InChI=1S/C8H15Cl3Si/c1-3-4-5-6-7-8(2)12(9,10)11/h3,8H,1,4-7H2,2H3/t8-/m0/s1. The number of hydrogen-bond acceptors (Lipinski definition) is 0. The fraction of sp³-hybridized carbons (Fsp3) is 0.750. The molecular formula is C8H15Cl3Si. The predicted molar refractivity (Wildman–Crippen MR) is 61.4 cm³/mol. The highest BCUT2D eigenvalue weighted by molar-refractivity contribution is 7.65. The molecule has 0 aromatic heterocycles. The third-order valence-corrected chi connectivity index (χ3v) is 6.61. The lowest BCUT2D eigenvalue weighted by atomic mass is 10.1. The van der Waals surface area contributed by atoms with Crippen LogP contribution in [0.25, 0.3) is 0 Å². The highest BCUT2D eigenvalue weighted by Crippen LogP contribution is 2.36. The summed E-state index contributed by atoms with van der Waals surface area (Å²) < 4.78 is 0. The van der Waals surface area contributed by atoms with Crippen LogP contribution in [0.4, 0.5) is 0 Å². The van der Waals surface area contributed by atoms with E-state index < -0.39 is 6.00 Å². The molecule has 1 atom stereocenters. The lowest BCUT2D eigenvalue weighted by Gasteiger charge is -2.16. The number of unbranched alkanes of at least 4 members (excludes halogenated alkanes) is 2. The van der Waals surface area contributed by atoms with Crippen LogP contribution in [-0.4, -0.2) is 6.00 Å². The molecule has 0 nitrogen and oxygen atoms in total. The molecule has 0 aromatic rings. The van der Waals surface area contributed by atoms with E-state index in [9.17, 15) is 0 Å². The average molecular weight is 246 g/mol. The maximum absolute atomic E-state index is 5.85. The van der Waals surface area contributed by atoms with Gasteiger partial charge in [-0.25, -0.2) is 0 Å². The van der Waals surface area contributed by atoms with Crippen LogP contribution in [0.15, 0.2) is 12.7 Å². The second-order valence-electron chi connectivity index (χ2n) is 3.02. The van der Waals surface area contributed by atoms with Crippen molar-refractivity contribution < 1.29 is 0 Å². The van der Waals surface area contributed by atoms with Gasteiger partial charge in [0, 0.05) is 0 Å². The summed E-state index contributed by atoms with van der Waals surface area (Å²) in [6.45, 7) is 5.68. The second kappa shape index (κ2) is 6.31. The normalized spacial score (nSPS) is 14.3. The lowest BCUT2D eigenvalue weighted by molar-refractivity contribution is 0.670. The topological polar surface area (TPSA) is 0 Å².